The Balaban J connectivity index is 1.42. The van der Waals surface area contributed by atoms with Crippen LogP contribution < -0.4 is 4.72 Å². The quantitative estimate of drug-likeness (QED) is 0.642. The van der Waals surface area contributed by atoms with Gasteiger partial charge < -0.3 is 4.90 Å². The molecule has 1 amide bonds. The highest BCUT2D eigenvalue weighted by Gasteiger charge is 2.22. The van der Waals surface area contributed by atoms with Crippen LogP contribution >= 0.6 is 0 Å². The molecule has 1 heterocycles. The van der Waals surface area contributed by atoms with E-state index in [0.29, 0.717) is 12.8 Å². The highest BCUT2D eigenvalue weighted by molar-refractivity contribution is 7.89. The molecule has 0 unspecified atom stereocenters. The molecule has 0 saturated carbocycles. The van der Waals surface area contributed by atoms with Crippen molar-refractivity contribution in [1.82, 2.24) is 14.5 Å². The van der Waals surface area contributed by atoms with E-state index in [9.17, 15) is 13.2 Å². The Bertz CT molecular complexity index is 1030. The molecule has 0 bridgehead atoms. The molecule has 3 rings (SSSR count). The highest BCUT2D eigenvalue weighted by Crippen LogP contribution is 2.15. The average molecular weight is 470 g/mol. The highest BCUT2D eigenvalue weighted by atomic mass is 32.2. The second-order valence-electron chi connectivity index (χ2n) is 9.49. The molecule has 1 saturated heterocycles. The van der Waals surface area contributed by atoms with Crippen molar-refractivity contribution >= 4 is 22.0 Å². The molecule has 0 aliphatic carbocycles. The number of aryl methyl sites for hydroxylation is 1. The third-order valence-electron chi connectivity index (χ3n) is 5.50. The van der Waals surface area contributed by atoms with E-state index in [4.69, 9.17) is 0 Å². The van der Waals surface area contributed by atoms with Gasteiger partial charge in [0.2, 0.25) is 15.9 Å². The number of nitrogens with one attached hydrogen (secondary N) is 1. The summed E-state index contributed by atoms with van der Waals surface area (Å²) in [4.78, 5) is 17.2. The number of carbonyl (C=O) groups is 1. The number of benzene rings is 2. The Morgan fingerprint density at radius 1 is 0.970 bits per heavy atom. The van der Waals surface area contributed by atoms with Crippen molar-refractivity contribution in [3.63, 3.8) is 0 Å². The molecule has 2 aromatic rings. The summed E-state index contributed by atoms with van der Waals surface area (Å²) >= 11 is 0. The third-order valence-corrected chi connectivity index (χ3v) is 7.27. The number of amides is 1. The fourth-order valence-corrected chi connectivity index (χ4v) is 5.21. The summed E-state index contributed by atoms with van der Waals surface area (Å²) < 4.78 is 27.5. The lowest BCUT2D eigenvalue weighted by molar-refractivity contribution is -0.132. The topological polar surface area (TPSA) is 69.7 Å². The van der Waals surface area contributed by atoms with Gasteiger partial charge in [-0.2, -0.15) is 0 Å². The van der Waals surface area contributed by atoms with Gasteiger partial charge in [0.05, 0.1) is 4.90 Å². The van der Waals surface area contributed by atoms with E-state index >= 15 is 0 Å². The summed E-state index contributed by atoms with van der Waals surface area (Å²) in [5.74, 6) is 0.153. The first-order valence-corrected chi connectivity index (χ1v) is 13.0. The van der Waals surface area contributed by atoms with Crippen molar-refractivity contribution in [3.8, 4) is 0 Å². The predicted molar refractivity (Wildman–Crippen MR) is 133 cm³/mol. The molecule has 7 heteroatoms. The maximum Gasteiger partial charge on any atom is 0.241 e. The molecule has 6 nitrogen and oxygen atoms in total. The molecule has 1 fully saturated rings. The van der Waals surface area contributed by atoms with Crippen molar-refractivity contribution in [2.75, 3.05) is 32.7 Å². The molecule has 0 spiro atoms. The molecule has 1 aliphatic rings. The van der Waals surface area contributed by atoms with Gasteiger partial charge in [0.1, 0.15) is 0 Å². The first-order chi connectivity index (χ1) is 15.6. The summed E-state index contributed by atoms with van der Waals surface area (Å²) in [6.45, 7) is 9.55. The van der Waals surface area contributed by atoms with Crippen molar-refractivity contribution in [1.29, 1.82) is 0 Å². The molecule has 178 valence electrons. The van der Waals surface area contributed by atoms with Gasteiger partial charge in [0, 0.05) is 44.7 Å². The number of rotatable bonds is 8. The number of piperazine rings is 1. The van der Waals surface area contributed by atoms with Gasteiger partial charge in [-0.15, -0.1) is 0 Å². The number of sulfonamides is 1. The van der Waals surface area contributed by atoms with Crippen LogP contribution in [0.25, 0.3) is 6.08 Å². The van der Waals surface area contributed by atoms with Crippen LogP contribution in [0.3, 0.4) is 0 Å². The summed E-state index contributed by atoms with van der Waals surface area (Å²) in [6, 6.07) is 17.0. The van der Waals surface area contributed by atoms with Crippen LogP contribution in [0.4, 0.5) is 0 Å². The van der Waals surface area contributed by atoms with E-state index in [1.54, 1.807) is 24.3 Å². The Kier molecular flexibility index (Phi) is 8.46. The lowest BCUT2D eigenvalue weighted by Gasteiger charge is -2.34. The van der Waals surface area contributed by atoms with Gasteiger partial charge in [-0.3, -0.25) is 9.69 Å². The van der Waals surface area contributed by atoms with Crippen LogP contribution in [-0.2, 0) is 21.2 Å². The second-order valence-corrected chi connectivity index (χ2v) is 11.2. The molecular weight excluding hydrogens is 434 g/mol. The molecule has 0 atom stereocenters. The molecule has 1 aliphatic heterocycles. The first-order valence-electron chi connectivity index (χ1n) is 11.5. The van der Waals surface area contributed by atoms with Crippen molar-refractivity contribution in [2.45, 2.75) is 44.0 Å². The number of hydrogen-bond acceptors (Lipinski definition) is 4. The maximum atomic E-state index is 12.6. The smallest absolute Gasteiger partial charge is 0.241 e. The molecule has 0 aromatic heterocycles. The minimum Gasteiger partial charge on any atom is -0.340 e. The third kappa shape index (κ3) is 8.11. The van der Waals surface area contributed by atoms with Crippen LogP contribution in [0.2, 0.25) is 0 Å². The van der Waals surface area contributed by atoms with Gasteiger partial charge in [0.25, 0.3) is 0 Å². The van der Waals surface area contributed by atoms with E-state index in [1.807, 2.05) is 43.9 Å². The van der Waals surface area contributed by atoms with Crippen LogP contribution in [-0.4, -0.2) is 62.4 Å². The minimum atomic E-state index is -3.55. The van der Waals surface area contributed by atoms with Gasteiger partial charge >= 0.3 is 0 Å². The van der Waals surface area contributed by atoms with Crippen LogP contribution in [0, 0.1) is 0 Å². The van der Waals surface area contributed by atoms with Gasteiger partial charge in [-0.25, -0.2) is 13.1 Å². The molecule has 0 radical (unpaired) electrons. The lowest BCUT2D eigenvalue weighted by atomic mass is 10.1. The van der Waals surface area contributed by atoms with Gasteiger partial charge in [0.15, 0.2) is 0 Å². The Morgan fingerprint density at radius 2 is 1.61 bits per heavy atom. The molecule has 33 heavy (non-hydrogen) atoms. The summed E-state index contributed by atoms with van der Waals surface area (Å²) in [5, 5.41) is 0. The van der Waals surface area contributed by atoms with Crippen LogP contribution in [0.15, 0.2) is 65.6 Å². The summed E-state index contributed by atoms with van der Waals surface area (Å²) in [5.41, 5.74) is 1.62. The SMILES string of the molecule is CC(C)(C)NS(=O)(=O)c1ccc(CCC(=O)N2CCN(C/C=C/c3ccccc3)CC2)cc1. The largest absolute Gasteiger partial charge is 0.340 e. The van der Waals surface area contributed by atoms with E-state index in [1.165, 1.54) is 5.56 Å². The van der Waals surface area contributed by atoms with Gasteiger partial charge in [-0.1, -0.05) is 54.6 Å². The normalized spacial score (nSPS) is 15.8. The Hall–Kier alpha value is -2.48. The van der Waals surface area contributed by atoms with E-state index in [2.05, 4.69) is 33.9 Å². The number of carbonyl (C=O) groups excluding carboxylic acids is 1. The fourth-order valence-electron chi connectivity index (χ4n) is 3.79. The standard InChI is InChI=1S/C26H35N3O3S/c1-26(2,3)27-33(31,32)24-14-11-23(12-15-24)13-16-25(30)29-20-18-28(19-21-29)17-7-10-22-8-5-4-6-9-22/h4-12,14-15,27H,13,16-21H2,1-3H3/b10-7+. The van der Waals surface area contributed by atoms with Crippen LogP contribution in [0.1, 0.15) is 38.3 Å². The van der Waals surface area contributed by atoms with Crippen LogP contribution in [0.5, 0.6) is 0 Å². The molecular formula is C26H35N3O3S. The fraction of sp³-hybridized carbons (Fsp3) is 0.423. The van der Waals surface area contributed by atoms with E-state index in [-0.39, 0.29) is 10.8 Å². The second kappa shape index (κ2) is 11.1. The maximum absolute atomic E-state index is 12.6. The zero-order valence-corrected chi connectivity index (χ0v) is 20.6. The molecule has 2 aromatic carbocycles. The number of nitrogens with zero attached hydrogens (tertiary/aromatic N) is 2. The first kappa shape index (κ1) is 25.1. The monoisotopic (exact) mass is 469 g/mol. The molecule has 1 N–H and O–H groups in total. The van der Waals surface area contributed by atoms with Crippen molar-refractivity contribution in [2.24, 2.45) is 0 Å². The zero-order chi connectivity index (χ0) is 23.9. The summed E-state index contributed by atoms with van der Waals surface area (Å²) in [7, 11) is -3.55. The van der Waals surface area contributed by atoms with Crippen molar-refractivity contribution < 1.29 is 13.2 Å². The number of hydrogen-bond donors (Lipinski definition) is 1. The minimum absolute atomic E-state index is 0.153. The predicted octanol–water partition coefficient (Wildman–Crippen LogP) is 3.55. The summed E-state index contributed by atoms with van der Waals surface area (Å²) in [6.07, 6.45) is 5.34. The van der Waals surface area contributed by atoms with E-state index in [0.717, 1.165) is 38.3 Å². The Morgan fingerprint density at radius 3 is 2.21 bits per heavy atom. The van der Waals surface area contributed by atoms with E-state index < -0.39 is 15.6 Å². The zero-order valence-electron chi connectivity index (χ0n) is 19.8. The van der Waals surface area contributed by atoms with Gasteiger partial charge in [-0.05, 0) is 50.5 Å². The Labute approximate surface area is 198 Å². The lowest BCUT2D eigenvalue weighted by Crippen LogP contribution is -2.48. The average Bonchev–Trinajstić information content (AvgIpc) is 2.77. The van der Waals surface area contributed by atoms with Crippen molar-refractivity contribution in [3.05, 3.63) is 71.8 Å².